The smallest absolute Gasteiger partial charge is 0.381 e. The molecule has 1 aromatic heterocycles. The van der Waals surface area contributed by atoms with Gasteiger partial charge in [0.2, 0.25) is 0 Å². The van der Waals surface area contributed by atoms with Crippen LogP contribution in [0.25, 0.3) is 16.6 Å². The quantitative estimate of drug-likeness (QED) is 0.733. The molecule has 1 aliphatic carbocycles. The van der Waals surface area contributed by atoms with Crippen LogP contribution in [0, 0.1) is 0 Å². The number of para-hydroxylation sites is 1. The topological polar surface area (TPSA) is 56.1 Å². The van der Waals surface area contributed by atoms with Gasteiger partial charge in [-0.25, -0.2) is 4.79 Å². The molecule has 0 spiro atoms. The first-order chi connectivity index (χ1) is 13.4. The molecule has 1 aliphatic rings. The summed E-state index contributed by atoms with van der Waals surface area (Å²) >= 11 is 0. The summed E-state index contributed by atoms with van der Waals surface area (Å²) in [6.07, 6.45) is -2.86. The molecule has 0 amide bonds. The molecule has 3 aromatic rings. The van der Waals surface area contributed by atoms with E-state index in [1.807, 2.05) is 0 Å². The normalized spacial score (nSPS) is 19.4. The Balaban J connectivity index is 1.88. The summed E-state index contributed by atoms with van der Waals surface area (Å²) in [6.45, 7) is 0. The molecule has 1 saturated carbocycles. The predicted octanol–water partition coefficient (Wildman–Crippen LogP) is 3.99. The number of rotatable bonds is 4. The molecule has 0 saturated heterocycles. The van der Waals surface area contributed by atoms with Crippen LogP contribution in [-0.2, 0) is 10.9 Å². The number of benzene rings is 2. The minimum atomic E-state index is -4.51. The zero-order valence-corrected chi connectivity index (χ0v) is 15.0. The number of nitrogens with zero attached hydrogens (tertiary/aromatic N) is 2. The van der Waals surface area contributed by atoms with Gasteiger partial charge in [-0.1, -0.05) is 18.2 Å². The van der Waals surface area contributed by atoms with Gasteiger partial charge in [-0.05, 0) is 43.2 Å². The second-order valence-corrected chi connectivity index (χ2v) is 6.81. The molecule has 0 bridgehead atoms. The minimum absolute atomic E-state index is 0.0647. The Labute approximate surface area is 158 Å². The Morgan fingerprint density at radius 3 is 2.50 bits per heavy atom. The first kappa shape index (κ1) is 18.5. The predicted molar refractivity (Wildman–Crippen MR) is 99.8 cm³/mol. The highest BCUT2D eigenvalue weighted by atomic mass is 19.4. The average Bonchev–Trinajstić information content (AvgIpc) is 2.63. The largest absolute Gasteiger partial charge is 0.416 e. The van der Waals surface area contributed by atoms with E-state index >= 15 is 0 Å². The van der Waals surface area contributed by atoms with Crippen molar-refractivity contribution in [1.82, 2.24) is 9.55 Å². The zero-order valence-electron chi connectivity index (χ0n) is 15.0. The van der Waals surface area contributed by atoms with Gasteiger partial charge in [0.1, 0.15) is 5.82 Å². The fourth-order valence-electron chi connectivity index (χ4n) is 3.41. The van der Waals surface area contributed by atoms with Gasteiger partial charge in [-0.3, -0.25) is 4.57 Å². The molecule has 2 aromatic carbocycles. The van der Waals surface area contributed by atoms with E-state index in [9.17, 15) is 18.0 Å². The van der Waals surface area contributed by atoms with Gasteiger partial charge in [0.15, 0.2) is 0 Å². The van der Waals surface area contributed by atoms with E-state index in [1.165, 1.54) is 10.6 Å². The van der Waals surface area contributed by atoms with E-state index in [0.29, 0.717) is 16.9 Å². The van der Waals surface area contributed by atoms with Crippen LogP contribution in [0.5, 0.6) is 0 Å². The van der Waals surface area contributed by atoms with Gasteiger partial charge in [0, 0.05) is 18.5 Å². The number of halogens is 3. The molecule has 28 heavy (non-hydrogen) atoms. The zero-order chi connectivity index (χ0) is 19.9. The number of ether oxygens (including phenoxy) is 1. The number of fused-ring (bicyclic) bond motifs is 1. The molecule has 146 valence electrons. The van der Waals surface area contributed by atoms with Gasteiger partial charge >= 0.3 is 11.9 Å². The SMILES string of the molecule is CO[C@H]1C[C@H](Nc2nc(=O)n(-c3ccccc3)c3cc(C(F)(F)F)ccc23)C1. The number of alkyl halides is 3. The molecule has 0 unspecified atom stereocenters. The van der Waals surface area contributed by atoms with E-state index in [1.54, 1.807) is 37.4 Å². The van der Waals surface area contributed by atoms with Crippen LogP contribution >= 0.6 is 0 Å². The number of hydrogen-bond acceptors (Lipinski definition) is 4. The van der Waals surface area contributed by atoms with Crippen LogP contribution in [0.1, 0.15) is 18.4 Å². The first-order valence-corrected chi connectivity index (χ1v) is 8.85. The summed E-state index contributed by atoms with van der Waals surface area (Å²) in [5.41, 5.74) is -0.836. The van der Waals surface area contributed by atoms with E-state index in [4.69, 9.17) is 4.74 Å². The van der Waals surface area contributed by atoms with Gasteiger partial charge in [0.25, 0.3) is 0 Å². The van der Waals surface area contributed by atoms with Crippen LogP contribution in [0.3, 0.4) is 0 Å². The Hall–Kier alpha value is -2.87. The van der Waals surface area contributed by atoms with Crippen LogP contribution < -0.4 is 11.0 Å². The van der Waals surface area contributed by atoms with Crippen molar-refractivity contribution < 1.29 is 17.9 Å². The van der Waals surface area contributed by atoms with Crippen LogP contribution in [0.15, 0.2) is 53.3 Å². The highest BCUT2D eigenvalue weighted by Crippen LogP contribution is 2.34. The molecule has 0 aliphatic heterocycles. The summed E-state index contributed by atoms with van der Waals surface area (Å²) in [7, 11) is 1.63. The molecule has 5 nitrogen and oxygen atoms in total. The van der Waals surface area contributed by atoms with Crippen LogP contribution in [-0.4, -0.2) is 28.8 Å². The lowest BCUT2D eigenvalue weighted by atomic mass is 9.89. The Kier molecular flexibility index (Phi) is 4.58. The summed E-state index contributed by atoms with van der Waals surface area (Å²) in [4.78, 5) is 16.8. The first-order valence-electron chi connectivity index (χ1n) is 8.85. The maximum atomic E-state index is 13.3. The molecule has 4 rings (SSSR count). The van der Waals surface area contributed by atoms with Gasteiger partial charge < -0.3 is 10.1 Å². The lowest BCUT2D eigenvalue weighted by Crippen LogP contribution is -2.41. The molecule has 8 heteroatoms. The molecular formula is C20H18F3N3O2. The van der Waals surface area contributed by atoms with Gasteiger partial charge in [-0.15, -0.1) is 0 Å². The third-order valence-electron chi connectivity index (χ3n) is 5.00. The van der Waals surface area contributed by atoms with Crippen molar-refractivity contribution in [1.29, 1.82) is 0 Å². The van der Waals surface area contributed by atoms with Crippen molar-refractivity contribution >= 4 is 16.7 Å². The monoisotopic (exact) mass is 389 g/mol. The molecule has 0 atom stereocenters. The number of methoxy groups -OCH3 is 1. The number of aromatic nitrogens is 2. The van der Waals surface area contributed by atoms with Crippen molar-refractivity contribution in [3.63, 3.8) is 0 Å². The van der Waals surface area contributed by atoms with Crippen molar-refractivity contribution in [2.75, 3.05) is 12.4 Å². The standard InChI is InChI=1S/C20H18F3N3O2/c1-28-15-10-13(11-15)24-18-16-8-7-12(20(21,22)23)9-17(16)26(19(27)25-18)14-5-3-2-4-6-14/h2-9,13,15H,10-11H2,1H3,(H,24,25,27)/t13-,15-. The third-order valence-corrected chi connectivity index (χ3v) is 5.00. The molecular weight excluding hydrogens is 371 g/mol. The second kappa shape index (κ2) is 6.94. The van der Waals surface area contributed by atoms with E-state index in [-0.39, 0.29) is 17.7 Å². The van der Waals surface area contributed by atoms with Crippen molar-refractivity contribution in [3.05, 3.63) is 64.6 Å². The lowest BCUT2D eigenvalue weighted by molar-refractivity contribution is -0.137. The Morgan fingerprint density at radius 1 is 1.14 bits per heavy atom. The summed E-state index contributed by atoms with van der Waals surface area (Å²) < 4.78 is 46.3. The van der Waals surface area contributed by atoms with Gasteiger partial charge in [0.05, 0.1) is 22.9 Å². The van der Waals surface area contributed by atoms with E-state index in [2.05, 4.69) is 10.3 Å². The van der Waals surface area contributed by atoms with E-state index in [0.717, 1.165) is 25.0 Å². The fourth-order valence-corrected chi connectivity index (χ4v) is 3.41. The number of nitrogens with one attached hydrogen (secondary N) is 1. The van der Waals surface area contributed by atoms with Crippen molar-refractivity contribution in [2.45, 2.75) is 31.2 Å². The highest BCUT2D eigenvalue weighted by molar-refractivity contribution is 5.91. The number of hydrogen-bond donors (Lipinski definition) is 1. The maximum absolute atomic E-state index is 13.3. The van der Waals surface area contributed by atoms with E-state index < -0.39 is 17.4 Å². The maximum Gasteiger partial charge on any atom is 0.416 e. The molecule has 1 fully saturated rings. The van der Waals surface area contributed by atoms with Crippen LogP contribution in [0.4, 0.5) is 19.0 Å². The highest BCUT2D eigenvalue weighted by Gasteiger charge is 2.32. The van der Waals surface area contributed by atoms with Crippen molar-refractivity contribution in [2.24, 2.45) is 0 Å². The fraction of sp³-hybridized carbons (Fsp3) is 0.300. The summed E-state index contributed by atoms with van der Waals surface area (Å²) in [5, 5.41) is 3.63. The molecule has 1 heterocycles. The Bertz CT molecular complexity index is 1060. The average molecular weight is 389 g/mol. The second-order valence-electron chi connectivity index (χ2n) is 6.81. The van der Waals surface area contributed by atoms with Crippen LogP contribution in [0.2, 0.25) is 0 Å². The summed E-state index contributed by atoms with van der Waals surface area (Å²) in [5.74, 6) is 0.292. The van der Waals surface area contributed by atoms with Crippen molar-refractivity contribution in [3.8, 4) is 5.69 Å². The third kappa shape index (κ3) is 3.35. The lowest BCUT2D eigenvalue weighted by Gasteiger charge is -2.35. The summed E-state index contributed by atoms with van der Waals surface area (Å²) in [6, 6.07) is 11.9. The Morgan fingerprint density at radius 2 is 1.86 bits per heavy atom. The number of anilines is 1. The molecule has 0 radical (unpaired) electrons. The molecule has 1 N–H and O–H groups in total. The minimum Gasteiger partial charge on any atom is -0.381 e. The van der Waals surface area contributed by atoms with Gasteiger partial charge in [-0.2, -0.15) is 18.2 Å².